The molecule has 130 valence electrons. The Morgan fingerprint density at radius 3 is 2.84 bits per heavy atom. The highest BCUT2D eigenvalue weighted by Crippen LogP contribution is 2.29. The number of amides is 1. The van der Waals surface area contributed by atoms with Crippen LogP contribution in [0.2, 0.25) is 0 Å². The number of nitrogens with zero attached hydrogens (tertiary/aromatic N) is 3. The first-order valence-electron chi connectivity index (χ1n) is 7.45. The lowest BCUT2D eigenvalue weighted by Crippen LogP contribution is -2.22. The van der Waals surface area contributed by atoms with Crippen LogP contribution in [-0.4, -0.2) is 48.0 Å². The summed E-state index contributed by atoms with van der Waals surface area (Å²) in [6.45, 7) is 1.49. The van der Waals surface area contributed by atoms with E-state index in [-0.39, 0.29) is 18.9 Å². The van der Waals surface area contributed by atoms with Crippen molar-refractivity contribution in [3.63, 3.8) is 0 Å². The smallest absolute Gasteiger partial charge is 0.341 e. The summed E-state index contributed by atoms with van der Waals surface area (Å²) in [6, 6.07) is 6.89. The Labute approximate surface area is 144 Å². The van der Waals surface area contributed by atoms with Crippen molar-refractivity contribution in [3.8, 4) is 17.6 Å². The third kappa shape index (κ3) is 4.35. The van der Waals surface area contributed by atoms with E-state index in [0.29, 0.717) is 28.3 Å². The number of carboxylic acid groups (broad SMARTS) is 1. The minimum atomic E-state index is -1.09. The topological polar surface area (TPSA) is 112 Å². The average Bonchev–Trinajstić information content (AvgIpc) is 2.86. The highest BCUT2D eigenvalue weighted by molar-refractivity contribution is 6.26. The number of carboxylic acids is 1. The molecule has 0 radical (unpaired) electrons. The monoisotopic (exact) mass is 343 g/mol. The second kappa shape index (κ2) is 7.97. The van der Waals surface area contributed by atoms with Crippen LogP contribution in [0.15, 0.2) is 28.9 Å². The molecule has 0 unspecified atom stereocenters. The van der Waals surface area contributed by atoms with E-state index in [9.17, 15) is 9.59 Å². The van der Waals surface area contributed by atoms with E-state index in [1.54, 1.807) is 31.2 Å². The van der Waals surface area contributed by atoms with Crippen molar-refractivity contribution in [1.82, 2.24) is 5.01 Å². The number of hydrogen-bond donors (Lipinski definition) is 1. The Bertz CT molecular complexity index is 792. The molecular formula is C17H17N3O5. The van der Waals surface area contributed by atoms with Gasteiger partial charge in [0, 0.05) is 0 Å². The quantitative estimate of drug-likeness (QED) is 0.754. The summed E-state index contributed by atoms with van der Waals surface area (Å²) in [5.74, 6) is -0.699. The standard InChI is InChI=1S/C17H17N3O5/c1-11-13(17(23)20(19-11)7-3-6-18)8-12-4-5-14(15(9-12)24-2)25-10-16(21)22/h4-5,8-9H,3,7,10H2,1-2H3,(H,21,22)/b13-8-. The van der Waals surface area contributed by atoms with Gasteiger partial charge in [-0.2, -0.15) is 10.4 Å². The summed E-state index contributed by atoms with van der Waals surface area (Å²) >= 11 is 0. The van der Waals surface area contributed by atoms with E-state index in [1.165, 1.54) is 12.1 Å². The fraction of sp³-hybridized carbons (Fsp3) is 0.294. The molecule has 0 atom stereocenters. The first-order chi connectivity index (χ1) is 12.0. The minimum Gasteiger partial charge on any atom is -0.493 e. The predicted molar refractivity (Wildman–Crippen MR) is 89.2 cm³/mol. The SMILES string of the molecule is COc1cc(/C=C2\C(=O)N(CCC#N)N=C2C)ccc1OCC(=O)O. The van der Waals surface area contributed by atoms with Gasteiger partial charge in [0.15, 0.2) is 18.1 Å². The lowest BCUT2D eigenvalue weighted by atomic mass is 10.1. The first kappa shape index (κ1) is 18.0. The summed E-state index contributed by atoms with van der Waals surface area (Å²) in [4.78, 5) is 22.9. The zero-order chi connectivity index (χ0) is 18.4. The predicted octanol–water partition coefficient (Wildman–Crippen LogP) is 1.67. The molecule has 0 aromatic heterocycles. The number of nitriles is 1. The molecule has 25 heavy (non-hydrogen) atoms. The molecule has 8 heteroatoms. The molecule has 0 spiro atoms. The summed E-state index contributed by atoms with van der Waals surface area (Å²) in [5, 5.41) is 22.7. The van der Waals surface area contributed by atoms with Crippen LogP contribution in [0.3, 0.4) is 0 Å². The van der Waals surface area contributed by atoms with Crippen LogP contribution in [0.1, 0.15) is 18.9 Å². The van der Waals surface area contributed by atoms with Gasteiger partial charge in [-0.25, -0.2) is 9.80 Å². The van der Waals surface area contributed by atoms with Crippen LogP contribution in [0, 0.1) is 11.3 Å². The molecule has 1 aromatic carbocycles. The van der Waals surface area contributed by atoms with E-state index >= 15 is 0 Å². The van der Waals surface area contributed by atoms with Gasteiger partial charge in [0.25, 0.3) is 5.91 Å². The van der Waals surface area contributed by atoms with Crippen molar-refractivity contribution in [1.29, 1.82) is 5.26 Å². The van der Waals surface area contributed by atoms with Gasteiger partial charge in [-0.1, -0.05) is 6.07 Å². The van der Waals surface area contributed by atoms with Gasteiger partial charge in [-0.3, -0.25) is 4.79 Å². The van der Waals surface area contributed by atoms with Gasteiger partial charge >= 0.3 is 5.97 Å². The van der Waals surface area contributed by atoms with Crippen molar-refractivity contribution in [2.24, 2.45) is 5.10 Å². The van der Waals surface area contributed by atoms with Gasteiger partial charge in [0.1, 0.15) is 0 Å². The molecule has 1 amide bonds. The van der Waals surface area contributed by atoms with Crippen molar-refractivity contribution in [2.75, 3.05) is 20.3 Å². The van der Waals surface area contributed by atoms with Gasteiger partial charge < -0.3 is 14.6 Å². The van der Waals surface area contributed by atoms with Gasteiger partial charge in [-0.15, -0.1) is 0 Å². The van der Waals surface area contributed by atoms with E-state index in [1.807, 2.05) is 6.07 Å². The Balaban J connectivity index is 2.23. The number of ether oxygens (including phenoxy) is 2. The molecule has 2 rings (SSSR count). The highest BCUT2D eigenvalue weighted by Gasteiger charge is 2.27. The molecular weight excluding hydrogens is 326 g/mol. The molecule has 0 fully saturated rings. The van der Waals surface area contributed by atoms with Crippen molar-refractivity contribution < 1.29 is 24.2 Å². The Kier molecular flexibility index (Phi) is 5.74. The first-order valence-corrected chi connectivity index (χ1v) is 7.45. The molecule has 1 aliphatic heterocycles. The average molecular weight is 343 g/mol. The van der Waals surface area contributed by atoms with Gasteiger partial charge in [-0.05, 0) is 30.7 Å². The van der Waals surface area contributed by atoms with Crippen LogP contribution in [0.25, 0.3) is 6.08 Å². The summed E-state index contributed by atoms with van der Waals surface area (Å²) in [5.41, 5.74) is 1.67. The lowest BCUT2D eigenvalue weighted by molar-refractivity contribution is -0.139. The van der Waals surface area contributed by atoms with Crippen LogP contribution in [-0.2, 0) is 9.59 Å². The Morgan fingerprint density at radius 2 is 2.20 bits per heavy atom. The molecule has 0 bridgehead atoms. The third-order valence-electron chi connectivity index (χ3n) is 3.41. The zero-order valence-electron chi connectivity index (χ0n) is 13.9. The molecule has 0 saturated heterocycles. The summed E-state index contributed by atoms with van der Waals surface area (Å²) in [6.07, 6.45) is 1.87. The normalized spacial score (nSPS) is 15.1. The minimum absolute atomic E-state index is 0.208. The second-order valence-corrected chi connectivity index (χ2v) is 5.17. The summed E-state index contributed by atoms with van der Waals surface area (Å²) in [7, 11) is 1.44. The molecule has 0 saturated carbocycles. The van der Waals surface area contributed by atoms with Crippen LogP contribution in [0.4, 0.5) is 0 Å². The Morgan fingerprint density at radius 1 is 1.44 bits per heavy atom. The summed E-state index contributed by atoms with van der Waals surface area (Å²) < 4.78 is 10.3. The third-order valence-corrected chi connectivity index (χ3v) is 3.41. The number of carbonyl (C=O) groups excluding carboxylic acids is 1. The largest absolute Gasteiger partial charge is 0.493 e. The number of rotatable bonds is 7. The lowest BCUT2D eigenvalue weighted by Gasteiger charge is -2.10. The maximum Gasteiger partial charge on any atom is 0.341 e. The van der Waals surface area contributed by atoms with E-state index in [0.717, 1.165) is 0 Å². The maximum absolute atomic E-state index is 12.3. The van der Waals surface area contributed by atoms with Crippen LogP contribution < -0.4 is 9.47 Å². The van der Waals surface area contributed by atoms with Crippen molar-refractivity contribution >= 4 is 23.7 Å². The van der Waals surface area contributed by atoms with Gasteiger partial charge in [0.05, 0.1) is 37.4 Å². The second-order valence-electron chi connectivity index (χ2n) is 5.17. The Hall–Kier alpha value is -3.34. The molecule has 1 heterocycles. The number of benzene rings is 1. The fourth-order valence-corrected chi connectivity index (χ4v) is 2.25. The molecule has 1 aromatic rings. The molecule has 8 nitrogen and oxygen atoms in total. The molecule has 0 aliphatic carbocycles. The van der Waals surface area contributed by atoms with Crippen LogP contribution in [0.5, 0.6) is 11.5 Å². The highest BCUT2D eigenvalue weighted by atomic mass is 16.5. The fourth-order valence-electron chi connectivity index (χ4n) is 2.25. The number of carbonyl (C=O) groups is 2. The number of methoxy groups -OCH3 is 1. The number of hydrogen-bond acceptors (Lipinski definition) is 6. The number of hydrazone groups is 1. The molecule has 1 N–H and O–H groups in total. The van der Waals surface area contributed by atoms with E-state index in [2.05, 4.69) is 5.10 Å². The zero-order valence-corrected chi connectivity index (χ0v) is 13.9. The van der Waals surface area contributed by atoms with Gasteiger partial charge in [0.2, 0.25) is 0 Å². The van der Waals surface area contributed by atoms with E-state index < -0.39 is 12.6 Å². The van der Waals surface area contributed by atoms with Crippen molar-refractivity contribution in [2.45, 2.75) is 13.3 Å². The molecule has 1 aliphatic rings. The van der Waals surface area contributed by atoms with Crippen LogP contribution >= 0.6 is 0 Å². The number of aliphatic carboxylic acids is 1. The van der Waals surface area contributed by atoms with Crippen molar-refractivity contribution in [3.05, 3.63) is 29.3 Å². The van der Waals surface area contributed by atoms with E-state index in [4.69, 9.17) is 19.8 Å². The maximum atomic E-state index is 12.3.